The summed E-state index contributed by atoms with van der Waals surface area (Å²) in [4.78, 5) is 0. The molecule has 0 atom stereocenters. The maximum Gasteiger partial charge on any atom is 0.146 e. The van der Waals surface area contributed by atoms with E-state index in [1.807, 2.05) is 60.7 Å². The number of hydrogen-bond donors (Lipinski definition) is 1. The van der Waals surface area contributed by atoms with E-state index in [2.05, 4.69) is 0 Å². The van der Waals surface area contributed by atoms with Crippen LogP contribution < -0.4 is 10.5 Å². The Hall–Kier alpha value is -2.45. The topological polar surface area (TPSA) is 35.2 Å². The molecule has 2 N–H and O–H groups in total. The van der Waals surface area contributed by atoms with E-state index in [0.29, 0.717) is 22.2 Å². The molecular formula is C18H14ClNO. The van der Waals surface area contributed by atoms with Crippen LogP contribution in [0.25, 0.3) is 11.1 Å². The van der Waals surface area contributed by atoms with Gasteiger partial charge in [-0.15, -0.1) is 0 Å². The second kappa shape index (κ2) is 5.90. The van der Waals surface area contributed by atoms with Crippen molar-refractivity contribution in [2.24, 2.45) is 0 Å². The molecule has 0 spiro atoms. The molecular weight excluding hydrogens is 282 g/mol. The molecule has 0 radical (unpaired) electrons. The second-order valence-corrected chi connectivity index (χ2v) is 5.09. The van der Waals surface area contributed by atoms with Crippen LogP contribution in [0.15, 0.2) is 72.8 Å². The van der Waals surface area contributed by atoms with Crippen molar-refractivity contribution in [1.82, 2.24) is 0 Å². The van der Waals surface area contributed by atoms with Crippen LogP contribution in [0, 0.1) is 0 Å². The smallest absolute Gasteiger partial charge is 0.146 e. The molecule has 0 unspecified atom stereocenters. The minimum atomic E-state index is 0.577. The number of anilines is 1. The third-order valence-electron chi connectivity index (χ3n) is 3.15. The van der Waals surface area contributed by atoms with Gasteiger partial charge in [0.1, 0.15) is 11.5 Å². The molecule has 0 saturated carbocycles. The van der Waals surface area contributed by atoms with Gasteiger partial charge in [-0.25, -0.2) is 0 Å². The highest BCUT2D eigenvalue weighted by molar-refractivity contribution is 6.32. The van der Waals surface area contributed by atoms with Crippen LogP contribution in [-0.2, 0) is 0 Å². The van der Waals surface area contributed by atoms with Crippen LogP contribution in [-0.4, -0.2) is 0 Å². The van der Waals surface area contributed by atoms with Crippen LogP contribution >= 0.6 is 11.6 Å². The molecule has 0 aliphatic heterocycles. The normalized spacial score (nSPS) is 10.3. The molecule has 0 bridgehead atoms. The van der Waals surface area contributed by atoms with Gasteiger partial charge in [-0.2, -0.15) is 0 Å². The Kier molecular flexibility index (Phi) is 3.80. The van der Waals surface area contributed by atoms with E-state index in [0.717, 1.165) is 11.1 Å². The summed E-state index contributed by atoms with van der Waals surface area (Å²) in [6.07, 6.45) is 0. The third kappa shape index (κ3) is 3.18. The molecule has 3 aromatic carbocycles. The lowest BCUT2D eigenvalue weighted by molar-refractivity contribution is 0.483. The fourth-order valence-corrected chi connectivity index (χ4v) is 2.28. The number of nitrogens with two attached hydrogens (primary N) is 1. The van der Waals surface area contributed by atoms with Gasteiger partial charge in [0, 0.05) is 5.69 Å². The highest BCUT2D eigenvalue weighted by Crippen LogP contribution is 2.33. The zero-order valence-corrected chi connectivity index (χ0v) is 12.0. The molecule has 2 nitrogen and oxygen atoms in total. The maximum absolute atomic E-state index is 6.31. The van der Waals surface area contributed by atoms with Gasteiger partial charge in [-0.1, -0.05) is 48.0 Å². The van der Waals surface area contributed by atoms with Gasteiger partial charge in [-0.05, 0) is 47.5 Å². The van der Waals surface area contributed by atoms with Gasteiger partial charge in [0.2, 0.25) is 0 Å². The molecule has 21 heavy (non-hydrogen) atoms. The predicted molar refractivity (Wildman–Crippen MR) is 87.8 cm³/mol. The number of rotatable bonds is 3. The molecule has 0 aliphatic rings. The molecule has 0 saturated heterocycles. The van der Waals surface area contributed by atoms with E-state index in [4.69, 9.17) is 22.1 Å². The summed E-state index contributed by atoms with van der Waals surface area (Å²) in [6.45, 7) is 0. The number of hydrogen-bond acceptors (Lipinski definition) is 2. The van der Waals surface area contributed by atoms with Gasteiger partial charge < -0.3 is 10.5 Å². The van der Waals surface area contributed by atoms with Crippen molar-refractivity contribution in [3.05, 3.63) is 77.8 Å². The standard InChI is InChI=1S/C18H14ClNO/c19-17-12-14(13-4-2-1-3-5-13)6-11-18(17)21-16-9-7-15(20)8-10-16/h1-12H,20H2. The van der Waals surface area contributed by atoms with E-state index < -0.39 is 0 Å². The highest BCUT2D eigenvalue weighted by atomic mass is 35.5. The number of halogens is 1. The van der Waals surface area contributed by atoms with Gasteiger partial charge in [0.05, 0.1) is 5.02 Å². The fraction of sp³-hybridized carbons (Fsp3) is 0. The Balaban J connectivity index is 1.86. The third-order valence-corrected chi connectivity index (χ3v) is 3.44. The van der Waals surface area contributed by atoms with Crippen molar-refractivity contribution >= 4 is 17.3 Å². The first kappa shape index (κ1) is 13.5. The lowest BCUT2D eigenvalue weighted by Crippen LogP contribution is -1.88. The van der Waals surface area contributed by atoms with Crippen LogP contribution in [0.5, 0.6) is 11.5 Å². The minimum absolute atomic E-state index is 0.577. The molecule has 0 heterocycles. The van der Waals surface area contributed by atoms with Crippen molar-refractivity contribution in [2.45, 2.75) is 0 Å². The van der Waals surface area contributed by atoms with Gasteiger partial charge >= 0.3 is 0 Å². The first-order valence-electron chi connectivity index (χ1n) is 6.61. The molecule has 3 rings (SSSR count). The summed E-state index contributed by atoms with van der Waals surface area (Å²) in [6, 6.07) is 23.1. The summed E-state index contributed by atoms with van der Waals surface area (Å²) >= 11 is 6.31. The Bertz CT molecular complexity index is 739. The van der Waals surface area contributed by atoms with E-state index in [1.165, 1.54) is 0 Å². The molecule has 104 valence electrons. The summed E-state index contributed by atoms with van der Waals surface area (Å²) < 4.78 is 5.77. The molecule has 0 aromatic heterocycles. The van der Waals surface area contributed by atoms with Gasteiger partial charge in [0.15, 0.2) is 0 Å². The van der Waals surface area contributed by atoms with Crippen LogP contribution in [0.3, 0.4) is 0 Å². The van der Waals surface area contributed by atoms with E-state index in [9.17, 15) is 0 Å². The Labute approximate surface area is 128 Å². The van der Waals surface area contributed by atoms with Crippen molar-refractivity contribution in [3.63, 3.8) is 0 Å². The number of ether oxygens (including phenoxy) is 1. The van der Waals surface area contributed by atoms with Crippen molar-refractivity contribution in [3.8, 4) is 22.6 Å². The SMILES string of the molecule is Nc1ccc(Oc2ccc(-c3ccccc3)cc2Cl)cc1. The van der Waals surface area contributed by atoms with E-state index >= 15 is 0 Å². The second-order valence-electron chi connectivity index (χ2n) is 4.68. The number of benzene rings is 3. The molecule has 3 aromatic rings. The minimum Gasteiger partial charge on any atom is -0.456 e. The summed E-state index contributed by atoms with van der Waals surface area (Å²) in [5, 5.41) is 0.577. The average molecular weight is 296 g/mol. The molecule has 0 fully saturated rings. The van der Waals surface area contributed by atoms with Gasteiger partial charge in [-0.3, -0.25) is 0 Å². The van der Waals surface area contributed by atoms with Crippen LogP contribution in [0.1, 0.15) is 0 Å². The Morgan fingerprint density at radius 2 is 1.48 bits per heavy atom. The van der Waals surface area contributed by atoms with Crippen molar-refractivity contribution in [2.75, 3.05) is 5.73 Å². The summed E-state index contributed by atoms with van der Waals surface area (Å²) in [5.41, 5.74) is 8.54. The Morgan fingerprint density at radius 3 is 2.14 bits per heavy atom. The number of nitrogen functional groups attached to an aromatic ring is 1. The monoisotopic (exact) mass is 295 g/mol. The first-order valence-corrected chi connectivity index (χ1v) is 6.98. The lowest BCUT2D eigenvalue weighted by Gasteiger charge is -2.09. The average Bonchev–Trinajstić information content (AvgIpc) is 2.52. The van der Waals surface area contributed by atoms with Crippen LogP contribution in [0.2, 0.25) is 5.02 Å². The van der Waals surface area contributed by atoms with Gasteiger partial charge in [0.25, 0.3) is 0 Å². The summed E-state index contributed by atoms with van der Waals surface area (Å²) in [7, 11) is 0. The molecule has 3 heteroatoms. The molecule has 0 aliphatic carbocycles. The van der Waals surface area contributed by atoms with Crippen molar-refractivity contribution in [1.29, 1.82) is 0 Å². The van der Waals surface area contributed by atoms with E-state index in [1.54, 1.807) is 12.1 Å². The maximum atomic E-state index is 6.31. The molecule has 0 amide bonds. The summed E-state index contributed by atoms with van der Waals surface area (Å²) in [5.74, 6) is 1.33. The Morgan fingerprint density at radius 1 is 0.762 bits per heavy atom. The van der Waals surface area contributed by atoms with Crippen LogP contribution in [0.4, 0.5) is 5.69 Å². The predicted octanol–water partition coefficient (Wildman–Crippen LogP) is 5.38. The fourth-order valence-electron chi connectivity index (χ4n) is 2.06. The zero-order chi connectivity index (χ0) is 14.7. The lowest BCUT2D eigenvalue weighted by atomic mass is 10.1. The quantitative estimate of drug-likeness (QED) is 0.658. The highest BCUT2D eigenvalue weighted by Gasteiger charge is 2.06. The van der Waals surface area contributed by atoms with E-state index in [-0.39, 0.29) is 0 Å². The van der Waals surface area contributed by atoms with Crippen molar-refractivity contribution < 1.29 is 4.74 Å². The largest absolute Gasteiger partial charge is 0.456 e. The first-order chi connectivity index (χ1) is 10.2. The zero-order valence-electron chi connectivity index (χ0n) is 11.3.